The quantitative estimate of drug-likeness (QED) is 0.105. The van der Waals surface area contributed by atoms with Crippen molar-refractivity contribution in [1.29, 1.82) is 0 Å². The van der Waals surface area contributed by atoms with Crippen LogP contribution in [0.2, 0.25) is 0 Å². The minimum atomic E-state index is -4.33. The Morgan fingerprint density at radius 3 is 2.60 bits per heavy atom. The lowest BCUT2D eigenvalue weighted by Crippen LogP contribution is -2.36. The third-order valence-corrected chi connectivity index (χ3v) is 10.5. The van der Waals surface area contributed by atoms with Crippen molar-refractivity contribution >= 4 is 58.6 Å². The van der Waals surface area contributed by atoms with Crippen molar-refractivity contribution in [3.05, 3.63) is 39.7 Å². The molecule has 4 aromatic rings. The molecule has 18 nitrogen and oxygen atoms in total. The van der Waals surface area contributed by atoms with Gasteiger partial charge in [0.15, 0.2) is 40.3 Å². The second-order valence-electron chi connectivity index (χ2n) is 9.87. The number of nitrogens with zero attached hydrogens (tertiary/aromatic N) is 6. The number of aliphatic hydroxyl groups excluding tert-OH is 2. The highest BCUT2D eigenvalue weighted by molar-refractivity contribution is 8.07. The van der Waals surface area contributed by atoms with Gasteiger partial charge in [0.2, 0.25) is 5.95 Å². The van der Waals surface area contributed by atoms with E-state index in [4.69, 9.17) is 31.3 Å². The molecule has 7 rings (SSSR count). The van der Waals surface area contributed by atoms with Gasteiger partial charge in [-0.05, 0) is 11.8 Å². The topological polar surface area (TPSA) is 262 Å². The van der Waals surface area contributed by atoms with E-state index in [0.717, 1.165) is 29.0 Å². The van der Waals surface area contributed by atoms with Crippen molar-refractivity contribution in [2.24, 2.45) is 0 Å². The number of aromatic amines is 2. The molecule has 1 saturated carbocycles. The number of fused-ring (bicyclic) bond motifs is 3. The number of anilines is 1. The molecule has 0 aromatic carbocycles. The van der Waals surface area contributed by atoms with Crippen molar-refractivity contribution in [2.75, 3.05) is 12.3 Å². The number of halogens is 1. The predicted molar refractivity (Wildman–Crippen MR) is 144 cm³/mol. The van der Waals surface area contributed by atoms with Crippen LogP contribution in [-0.4, -0.2) is 107 Å². The fraction of sp³-hybridized carbons (Fsp3) is 0.500. The molecule has 6 heterocycles. The fourth-order valence-corrected chi connectivity index (χ4v) is 8.57. The van der Waals surface area contributed by atoms with E-state index in [0.29, 0.717) is 0 Å². The van der Waals surface area contributed by atoms with Crippen LogP contribution >= 0.6 is 18.5 Å². The summed E-state index contributed by atoms with van der Waals surface area (Å²) in [5, 5.41) is 30.0. The molecule has 0 radical (unpaired) electrons. The van der Waals surface area contributed by atoms with E-state index >= 15 is 4.39 Å². The van der Waals surface area contributed by atoms with Crippen LogP contribution in [0, 0.1) is 0 Å². The first kappa shape index (κ1) is 28.0. The SMILES string of the molecule is Nc1nc2c(ncn2[C@@H]2S[C@H](CO)[C@@H](O)[C@H]2OP(O)(=S)OC2[C@H]3O[C@@H](n4cnc5c(=O)[nH]cnc54)[C@@H](F)[C@@]23O)c(=O)[nH]1. The summed E-state index contributed by atoms with van der Waals surface area (Å²) >= 11 is 6.21. The predicted octanol–water partition coefficient (Wildman–Crippen LogP) is -2.23. The molecule has 1 aliphatic carbocycles. The van der Waals surface area contributed by atoms with Crippen molar-refractivity contribution in [2.45, 2.75) is 53.0 Å². The van der Waals surface area contributed by atoms with Gasteiger partial charge in [-0.3, -0.25) is 32.8 Å². The first-order valence-corrected chi connectivity index (χ1v) is 15.8. The minimum absolute atomic E-state index is 0.0341. The second-order valence-corrected chi connectivity index (χ2v) is 14.0. The molecule has 2 aliphatic heterocycles. The fourth-order valence-electron chi connectivity index (χ4n) is 5.33. The minimum Gasteiger partial charge on any atom is -0.395 e. The number of ether oxygens (including phenoxy) is 1. The van der Waals surface area contributed by atoms with E-state index in [1.165, 1.54) is 10.9 Å². The van der Waals surface area contributed by atoms with Crippen molar-refractivity contribution in [3.8, 4) is 0 Å². The molecule has 8 N–H and O–H groups in total. The van der Waals surface area contributed by atoms with Crippen LogP contribution in [0.5, 0.6) is 0 Å². The summed E-state index contributed by atoms with van der Waals surface area (Å²) in [6.07, 6.45) is -5.40. The summed E-state index contributed by atoms with van der Waals surface area (Å²) in [6, 6.07) is 0. The van der Waals surface area contributed by atoms with E-state index in [1.807, 2.05) is 0 Å². The number of H-pyrrole nitrogens is 2. The first-order chi connectivity index (χ1) is 19.9. The summed E-state index contributed by atoms with van der Waals surface area (Å²) < 4.78 is 34.9. The van der Waals surface area contributed by atoms with Crippen LogP contribution in [-0.2, 0) is 25.6 Å². The summed E-state index contributed by atoms with van der Waals surface area (Å²) in [4.78, 5) is 55.9. The van der Waals surface area contributed by atoms with E-state index in [9.17, 15) is 29.8 Å². The number of thioether (sulfide) groups is 1. The number of nitrogens with two attached hydrogens (primary N) is 1. The number of aromatic nitrogens is 8. The van der Waals surface area contributed by atoms with Gasteiger partial charge in [-0.15, -0.1) is 11.8 Å². The molecule has 3 fully saturated rings. The maximum absolute atomic E-state index is 15.6. The highest BCUT2D eigenvalue weighted by Gasteiger charge is 2.80. The highest BCUT2D eigenvalue weighted by Crippen LogP contribution is 2.63. The average Bonchev–Trinajstić information content (AvgIpc) is 3.45. The van der Waals surface area contributed by atoms with Gasteiger partial charge < -0.3 is 35.7 Å². The molecule has 4 aromatic heterocycles. The van der Waals surface area contributed by atoms with Gasteiger partial charge in [0.05, 0.1) is 36.9 Å². The molecule has 42 heavy (non-hydrogen) atoms. The van der Waals surface area contributed by atoms with Gasteiger partial charge >= 0.3 is 6.72 Å². The molecule has 10 atom stereocenters. The number of hydrogen-bond acceptors (Lipinski definition) is 15. The van der Waals surface area contributed by atoms with E-state index in [-0.39, 0.29) is 28.3 Å². The van der Waals surface area contributed by atoms with Crippen molar-refractivity contribution in [3.63, 3.8) is 0 Å². The molecule has 22 heteroatoms. The average molecular weight is 646 g/mol. The number of alkyl halides is 1. The Bertz CT molecular complexity index is 1890. The normalized spacial score (nSPS) is 35.5. The molecule has 3 aliphatic rings. The van der Waals surface area contributed by atoms with Gasteiger partial charge in [-0.25, -0.2) is 19.3 Å². The Morgan fingerprint density at radius 1 is 1.19 bits per heavy atom. The Balaban J connectivity index is 1.11. The zero-order valence-corrected chi connectivity index (χ0v) is 23.3. The van der Waals surface area contributed by atoms with Crippen LogP contribution in [0.4, 0.5) is 10.3 Å². The van der Waals surface area contributed by atoms with E-state index < -0.39 is 77.5 Å². The van der Waals surface area contributed by atoms with E-state index in [1.54, 1.807) is 0 Å². The molecule has 0 spiro atoms. The monoisotopic (exact) mass is 645 g/mol. The number of nitrogens with one attached hydrogen (secondary N) is 2. The Morgan fingerprint density at radius 2 is 1.90 bits per heavy atom. The van der Waals surface area contributed by atoms with Crippen LogP contribution < -0.4 is 16.9 Å². The third kappa shape index (κ3) is 4.08. The number of aliphatic hydroxyl groups is 3. The molecular weight excluding hydrogens is 624 g/mol. The smallest absolute Gasteiger partial charge is 0.325 e. The van der Waals surface area contributed by atoms with Gasteiger partial charge in [0, 0.05) is 0 Å². The van der Waals surface area contributed by atoms with Crippen LogP contribution in [0.1, 0.15) is 11.6 Å². The summed E-state index contributed by atoms with van der Waals surface area (Å²) in [5.74, 6) is -0.191. The Kier molecular flexibility index (Phi) is 6.37. The van der Waals surface area contributed by atoms with Gasteiger partial charge in [-0.1, -0.05) is 0 Å². The first-order valence-electron chi connectivity index (χ1n) is 12.2. The third-order valence-electron chi connectivity index (χ3n) is 7.41. The molecule has 0 amide bonds. The van der Waals surface area contributed by atoms with Crippen molar-refractivity contribution < 1.29 is 38.4 Å². The van der Waals surface area contributed by atoms with E-state index in [2.05, 4.69) is 29.9 Å². The Hall–Kier alpha value is -2.85. The maximum Gasteiger partial charge on any atom is 0.325 e. The number of hydrogen-bond donors (Lipinski definition) is 7. The second kappa shape index (κ2) is 9.58. The lowest BCUT2D eigenvalue weighted by atomic mass is 10.1. The molecular formula is C20H21FN9O9PS2. The van der Waals surface area contributed by atoms with Crippen LogP contribution in [0.25, 0.3) is 22.3 Å². The standard InChI is InChI=1S/C20H21FN9O9PS2/c21-10-17(29-3-25-6-13(29)23-2-24-15(6)33)37-11-12(20(10,11)35)39-40(36,41)38-9-8(32)5(1-31)42-18(9)30-4-26-7-14(30)27-19(22)28-16(7)34/h2-5,8-12,17-18,31-32,35H,1H2,(H,36,41)(H,23,24,33)(H3,22,27,28,34)/t5-,8-,9-,10-,11-,12?,17-,18-,20+,40?/m1/s1. The lowest BCUT2D eigenvalue weighted by Gasteiger charge is -2.28. The number of imidazole rings is 2. The molecule has 2 saturated heterocycles. The summed E-state index contributed by atoms with van der Waals surface area (Å²) in [5.41, 5.74) is 2.29. The van der Waals surface area contributed by atoms with Gasteiger partial charge in [-0.2, -0.15) is 4.98 Å². The zero-order chi connectivity index (χ0) is 29.7. The summed E-state index contributed by atoms with van der Waals surface area (Å²) in [7, 11) is 0. The molecule has 0 bridgehead atoms. The maximum atomic E-state index is 15.6. The van der Waals surface area contributed by atoms with Gasteiger partial charge in [0.25, 0.3) is 11.1 Å². The number of rotatable bonds is 7. The van der Waals surface area contributed by atoms with Crippen LogP contribution in [0.15, 0.2) is 28.6 Å². The number of nitrogen functional groups attached to an aromatic ring is 1. The zero-order valence-electron chi connectivity index (χ0n) is 20.8. The largest absolute Gasteiger partial charge is 0.395 e. The Labute approximate surface area is 240 Å². The van der Waals surface area contributed by atoms with Crippen molar-refractivity contribution in [1.82, 2.24) is 39.0 Å². The summed E-state index contributed by atoms with van der Waals surface area (Å²) in [6.45, 7) is -4.81. The highest BCUT2D eigenvalue weighted by atomic mass is 32.5. The van der Waals surface area contributed by atoms with Crippen LogP contribution in [0.3, 0.4) is 0 Å². The molecule has 224 valence electrons. The van der Waals surface area contributed by atoms with Gasteiger partial charge in [0.1, 0.15) is 23.7 Å². The molecule has 2 unspecified atom stereocenters. The lowest BCUT2D eigenvalue weighted by molar-refractivity contribution is -0.0618.